The van der Waals surface area contributed by atoms with Crippen molar-refractivity contribution >= 4 is 5.91 Å². The summed E-state index contributed by atoms with van der Waals surface area (Å²) in [5.74, 6) is 1.64. The van der Waals surface area contributed by atoms with E-state index in [1.54, 1.807) is 6.08 Å². The van der Waals surface area contributed by atoms with Gasteiger partial charge in [0.25, 0.3) is 0 Å². The predicted molar refractivity (Wildman–Crippen MR) is 59.5 cm³/mol. The van der Waals surface area contributed by atoms with Gasteiger partial charge < -0.3 is 10.6 Å². The average molecular weight is 209 g/mol. The highest BCUT2D eigenvalue weighted by molar-refractivity contribution is 5.78. The summed E-state index contributed by atoms with van der Waals surface area (Å²) >= 11 is 0. The van der Waals surface area contributed by atoms with Crippen LogP contribution in [0.25, 0.3) is 0 Å². The minimum Gasteiger partial charge on any atom is -0.352 e. The maximum atomic E-state index is 11.5. The van der Waals surface area contributed by atoms with Gasteiger partial charge in [0.15, 0.2) is 0 Å². The van der Waals surface area contributed by atoms with Crippen LogP contribution in [0.4, 0.5) is 0 Å². The Morgan fingerprint density at radius 1 is 1.47 bits per heavy atom. The summed E-state index contributed by atoms with van der Waals surface area (Å²) in [4.78, 5) is 13.7. The summed E-state index contributed by atoms with van der Waals surface area (Å²) in [7, 11) is 0. The third-order valence-corrected chi connectivity index (χ3v) is 3.28. The number of amides is 1. The first-order chi connectivity index (χ1) is 7.29. The minimum atomic E-state index is 0.114. The standard InChI is InChI=1S/C11H19N3O/c1-2-3-13-11(15)8-14-6-9-4-12-5-10(9)7-14/h2,9-10,12H,1,3-8H2,(H,13,15)/t9-,10+. The first-order valence-corrected chi connectivity index (χ1v) is 5.60. The van der Waals surface area contributed by atoms with Crippen LogP contribution in [0.5, 0.6) is 0 Å². The molecule has 1 amide bonds. The Balaban J connectivity index is 1.72. The van der Waals surface area contributed by atoms with E-state index in [1.165, 1.54) is 0 Å². The van der Waals surface area contributed by atoms with Gasteiger partial charge in [0.1, 0.15) is 0 Å². The van der Waals surface area contributed by atoms with Crippen molar-refractivity contribution in [3.8, 4) is 0 Å². The van der Waals surface area contributed by atoms with Crippen molar-refractivity contribution in [1.29, 1.82) is 0 Å². The van der Waals surface area contributed by atoms with E-state index in [2.05, 4.69) is 22.1 Å². The molecule has 4 nitrogen and oxygen atoms in total. The fourth-order valence-electron chi connectivity index (χ4n) is 2.53. The quantitative estimate of drug-likeness (QED) is 0.610. The Hall–Kier alpha value is -0.870. The van der Waals surface area contributed by atoms with Crippen LogP contribution in [0.2, 0.25) is 0 Å². The lowest BCUT2D eigenvalue weighted by Crippen LogP contribution is -2.37. The fraction of sp³-hybridized carbons (Fsp3) is 0.727. The van der Waals surface area contributed by atoms with Crippen LogP contribution < -0.4 is 10.6 Å². The molecule has 0 unspecified atom stereocenters. The zero-order valence-electron chi connectivity index (χ0n) is 9.04. The molecule has 4 heteroatoms. The Kier molecular flexibility index (Phi) is 3.38. The van der Waals surface area contributed by atoms with E-state index in [0.717, 1.165) is 38.0 Å². The zero-order valence-corrected chi connectivity index (χ0v) is 9.04. The highest BCUT2D eigenvalue weighted by Gasteiger charge is 2.36. The SMILES string of the molecule is C=CCNC(=O)CN1C[C@H]2CNC[C@H]2C1. The van der Waals surface area contributed by atoms with Gasteiger partial charge in [-0.25, -0.2) is 0 Å². The Labute approximate surface area is 90.7 Å². The smallest absolute Gasteiger partial charge is 0.234 e. The van der Waals surface area contributed by atoms with Crippen molar-refractivity contribution in [3.63, 3.8) is 0 Å². The number of likely N-dealkylation sites (tertiary alicyclic amines) is 1. The summed E-state index contributed by atoms with van der Waals surface area (Å²) in [5.41, 5.74) is 0. The van der Waals surface area contributed by atoms with Crippen molar-refractivity contribution in [2.45, 2.75) is 0 Å². The van der Waals surface area contributed by atoms with Gasteiger partial charge in [0.05, 0.1) is 6.54 Å². The van der Waals surface area contributed by atoms with Crippen LogP contribution in [-0.4, -0.2) is 50.1 Å². The molecule has 0 spiro atoms. The number of rotatable bonds is 4. The molecule has 0 aliphatic carbocycles. The van der Waals surface area contributed by atoms with E-state index in [4.69, 9.17) is 0 Å². The number of fused-ring (bicyclic) bond motifs is 1. The predicted octanol–water partition coefficient (Wildman–Crippen LogP) is -0.560. The molecule has 0 bridgehead atoms. The van der Waals surface area contributed by atoms with E-state index in [0.29, 0.717) is 13.1 Å². The van der Waals surface area contributed by atoms with E-state index in [1.807, 2.05) is 0 Å². The first-order valence-electron chi connectivity index (χ1n) is 5.60. The van der Waals surface area contributed by atoms with E-state index < -0.39 is 0 Å². The monoisotopic (exact) mass is 209 g/mol. The van der Waals surface area contributed by atoms with Gasteiger partial charge in [-0.05, 0) is 24.9 Å². The minimum absolute atomic E-state index is 0.114. The first kappa shape index (κ1) is 10.6. The Morgan fingerprint density at radius 3 is 2.73 bits per heavy atom. The molecule has 15 heavy (non-hydrogen) atoms. The second-order valence-electron chi connectivity index (χ2n) is 4.47. The van der Waals surface area contributed by atoms with Crippen LogP contribution in [0.15, 0.2) is 12.7 Å². The van der Waals surface area contributed by atoms with E-state index in [9.17, 15) is 4.79 Å². The maximum Gasteiger partial charge on any atom is 0.234 e. The molecule has 0 aromatic heterocycles. The summed E-state index contributed by atoms with van der Waals surface area (Å²) in [6, 6.07) is 0. The molecule has 0 aromatic rings. The molecule has 2 aliphatic heterocycles. The number of carbonyl (C=O) groups is 1. The summed E-state index contributed by atoms with van der Waals surface area (Å²) in [6.45, 7) is 9.07. The van der Waals surface area contributed by atoms with Gasteiger partial charge >= 0.3 is 0 Å². The fourth-order valence-corrected chi connectivity index (χ4v) is 2.53. The van der Waals surface area contributed by atoms with Crippen molar-refractivity contribution in [2.24, 2.45) is 11.8 Å². The van der Waals surface area contributed by atoms with Crippen molar-refractivity contribution in [1.82, 2.24) is 15.5 Å². The topological polar surface area (TPSA) is 44.4 Å². The van der Waals surface area contributed by atoms with E-state index >= 15 is 0 Å². The van der Waals surface area contributed by atoms with Crippen molar-refractivity contribution in [3.05, 3.63) is 12.7 Å². The summed E-state index contributed by atoms with van der Waals surface area (Å²) in [6.07, 6.45) is 1.71. The number of carbonyl (C=O) groups excluding carboxylic acids is 1. The number of nitrogens with zero attached hydrogens (tertiary/aromatic N) is 1. The largest absolute Gasteiger partial charge is 0.352 e. The van der Waals surface area contributed by atoms with Gasteiger partial charge in [0.2, 0.25) is 5.91 Å². The lowest BCUT2D eigenvalue weighted by Gasteiger charge is -2.15. The highest BCUT2D eigenvalue weighted by atomic mass is 16.2. The zero-order chi connectivity index (χ0) is 10.7. The van der Waals surface area contributed by atoms with Crippen LogP contribution >= 0.6 is 0 Å². The molecule has 0 aromatic carbocycles. The van der Waals surface area contributed by atoms with Crippen LogP contribution in [0.1, 0.15) is 0 Å². The van der Waals surface area contributed by atoms with Crippen LogP contribution in [0, 0.1) is 11.8 Å². The Bertz CT molecular complexity index is 242. The van der Waals surface area contributed by atoms with Crippen molar-refractivity contribution in [2.75, 3.05) is 39.3 Å². The molecule has 2 fully saturated rings. The average Bonchev–Trinajstić information content (AvgIpc) is 2.74. The number of hydrogen-bond donors (Lipinski definition) is 2. The Morgan fingerprint density at radius 2 is 2.13 bits per heavy atom. The molecule has 2 N–H and O–H groups in total. The lowest BCUT2D eigenvalue weighted by molar-refractivity contribution is -0.121. The third kappa shape index (κ3) is 2.58. The highest BCUT2D eigenvalue weighted by Crippen LogP contribution is 2.25. The molecular weight excluding hydrogens is 190 g/mol. The normalized spacial score (nSPS) is 30.1. The lowest BCUT2D eigenvalue weighted by atomic mass is 10.0. The van der Waals surface area contributed by atoms with Gasteiger partial charge in [-0.2, -0.15) is 0 Å². The van der Waals surface area contributed by atoms with Gasteiger partial charge in [0, 0.05) is 19.6 Å². The molecule has 2 heterocycles. The van der Waals surface area contributed by atoms with Gasteiger partial charge in [-0.1, -0.05) is 6.08 Å². The molecule has 2 atom stereocenters. The molecule has 84 valence electrons. The number of hydrogen-bond acceptors (Lipinski definition) is 3. The second kappa shape index (κ2) is 4.77. The molecular formula is C11H19N3O. The molecule has 2 rings (SSSR count). The van der Waals surface area contributed by atoms with Gasteiger partial charge in [-0.3, -0.25) is 9.69 Å². The second-order valence-corrected chi connectivity index (χ2v) is 4.47. The van der Waals surface area contributed by atoms with Crippen LogP contribution in [0.3, 0.4) is 0 Å². The molecule has 0 radical (unpaired) electrons. The van der Waals surface area contributed by atoms with Crippen molar-refractivity contribution < 1.29 is 4.79 Å². The number of nitrogens with one attached hydrogen (secondary N) is 2. The molecule has 2 aliphatic rings. The molecule has 0 saturated carbocycles. The summed E-state index contributed by atoms with van der Waals surface area (Å²) in [5, 5.41) is 6.20. The third-order valence-electron chi connectivity index (χ3n) is 3.28. The summed E-state index contributed by atoms with van der Waals surface area (Å²) < 4.78 is 0. The molecule has 2 saturated heterocycles. The van der Waals surface area contributed by atoms with E-state index in [-0.39, 0.29) is 5.91 Å². The van der Waals surface area contributed by atoms with Gasteiger partial charge in [-0.15, -0.1) is 6.58 Å². The maximum absolute atomic E-state index is 11.5. The van der Waals surface area contributed by atoms with Crippen LogP contribution in [-0.2, 0) is 4.79 Å².